The Morgan fingerprint density at radius 3 is 2.29 bits per heavy atom. The number of ether oxygens (including phenoxy) is 2. The minimum Gasteiger partial charge on any atom is -0.481 e. The van der Waals surface area contributed by atoms with Gasteiger partial charge < -0.3 is 30.5 Å². The van der Waals surface area contributed by atoms with Crippen LogP contribution in [0, 0.1) is 11.2 Å². The molecule has 4 aromatic rings. The average Bonchev–Trinajstić information content (AvgIpc) is 3.47. The summed E-state index contributed by atoms with van der Waals surface area (Å²) in [7, 11) is 4.35. The van der Waals surface area contributed by atoms with E-state index < -0.39 is 35.8 Å². The van der Waals surface area contributed by atoms with Crippen LogP contribution >= 0.6 is 0 Å². The first-order valence-corrected chi connectivity index (χ1v) is 14.8. The number of nitrogens with zero attached hydrogens (tertiary/aromatic N) is 3. The van der Waals surface area contributed by atoms with Gasteiger partial charge in [-0.25, -0.2) is 18.8 Å². The van der Waals surface area contributed by atoms with Crippen LogP contribution < -0.4 is 26.8 Å². The first-order valence-electron chi connectivity index (χ1n) is 14.8. The molecule has 0 saturated heterocycles. The van der Waals surface area contributed by atoms with Crippen LogP contribution in [-0.2, 0) is 20.7 Å². The van der Waals surface area contributed by atoms with Crippen molar-refractivity contribution < 1.29 is 46.5 Å². The molecule has 51 heavy (non-hydrogen) atoms. The number of carbonyl (C=O) groups excluding carboxylic acids is 2. The van der Waals surface area contributed by atoms with Gasteiger partial charge in [-0.15, -0.1) is 5.10 Å². The molecule has 1 unspecified atom stereocenters. The molecule has 0 aliphatic carbocycles. The standard InChI is InChI=1S/C30H33FN8O5.C2HF3O2/c1-5-17-14-20(25(31)23(15-17)44-16-24(40)38(2)3)26(34-19-12-10-18(11-13-19)27(32)33)28-36-29(41)39(37-28)22-9-7-6-8-21(22)35-30(42)43-4;3-2(4,5)1(6)7/h6-15,26,34H,5,16H2,1-4H3,(H3,32,33)(H,35,42)(H,36,37,41);(H,6,7). The monoisotopic (exact) mass is 718 g/mol. The van der Waals surface area contributed by atoms with Gasteiger partial charge in [-0.2, -0.15) is 17.9 Å². The number of likely N-dealkylation sites (N-methyl/N-ethyl adjacent to an activating group) is 1. The van der Waals surface area contributed by atoms with Crippen molar-refractivity contribution in [2.24, 2.45) is 5.73 Å². The number of alkyl halides is 3. The van der Waals surface area contributed by atoms with Crippen molar-refractivity contribution in [1.82, 2.24) is 19.7 Å². The van der Waals surface area contributed by atoms with Crippen LogP contribution in [0.3, 0.4) is 0 Å². The summed E-state index contributed by atoms with van der Waals surface area (Å²) in [6.45, 7) is 1.51. The van der Waals surface area contributed by atoms with E-state index in [1.165, 1.54) is 18.1 Å². The number of nitrogen functional groups attached to an aromatic ring is 1. The third-order valence-corrected chi connectivity index (χ3v) is 6.91. The number of H-pyrrole nitrogens is 1. The van der Waals surface area contributed by atoms with Crippen LogP contribution in [-0.4, -0.2) is 82.6 Å². The van der Waals surface area contributed by atoms with Crippen molar-refractivity contribution >= 4 is 35.2 Å². The average molecular weight is 719 g/mol. The van der Waals surface area contributed by atoms with Gasteiger partial charge in [0.15, 0.2) is 24.0 Å². The predicted octanol–water partition coefficient (Wildman–Crippen LogP) is 4.03. The number of aromatic nitrogens is 3. The van der Waals surface area contributed by atoms with Crippen LogP contribution in [0.1, 0.15) is 35.5 Å². The topological polar surface area (TPSA) is 218 Å². The van der Waals surface area contributed by atoms with Crippen LogP contribution in [0.25, 0.3) is 5.69 Å². The zero-order chi connectivity index (χ0) is 38.0. The molecular weight excluding hydrogens is 684 g/mol. The van der Waals surface area contributed by atoms with E-state index >= 15 is 4.39 Å². The number of aliphatic carboxylic acids is 1. The maximum atomic E-state index is 16.2. The van der Waals surface area contributed by atoms with Crippen molar-refractivity contribution in [1.29, 1.82) is 5.41 Å². The van der Waals surface area contributed by atoms with E-state index in [-0.39, 0.29) is 46.9 Å². The molecule has 1 atom stereocenters. The molecule has 272 valence electrons. The summed E-state index contributed by atoms with van der Waals surface area (Å²) >= 11 is 0. The number of carbonyl (C=O) groups is 3. The number of aryl methyl sites for hydroxylation is 1. The molecule has 0 aliphatic heterocycles. The fourth-order valence-electron chi connectivity index (χ4n) is 4.23. The number of rotatable bonds is 11. The lowest BCUT2D eigenvalue weighted by molar-refractivity contribution is -0.192. The van der Waals surface area contributed by atoms with Crippen LogP contribution in [0.2, 0.25) is 0 Å². The van der Waals surface area contributed by atoms with E-state index in [4.69, 9.17) is 25.8 Å². The highest BCUT2D eigenvalue weighted by molar-refractivity contribution is 5.95. The number of methoxy groups -OCH3 is 1. The Morgan fingerprint density at radius 2 is 1.75 bits per heavy atom. The molecule has 7 N–H and O–H groups in total. The Kier molecular flexibility index (Phi) is 12.9. The number of benzene rings is 3. The van der Waals surface area contributed by atoms with Gasteiger partial charge in [-0.3, -0.25) is 20.5 Å². The van der Waals surface area contributed by atoms with Gasteiger partial charge >= 0.3 is 23.9 Å². The van der Waals surface area contributed by atoms with E-state index in [9.17, 15) is 27.6 Å². The third-order valence-electron chi connectivity index (χ3n) is 6.91. The number of anilines is 2. The highest BCUT2D eigenvalue weighted by atomic mass is 19.4. The second-order valence-electron chi connectivity index (χ2n) is 10.7. The number of para-hydroxylation sites is 2. The number of nitrogens with two attached hydrogens (primary N) is 1. The number of carboxylic acid groups (broad SMARTS) is 1. The summed E-state index contributed by atoms with van der Waals surface area (Å²) in [5, 5.41) is 25.0. The van der Waals surface area contributed by atoms with E-state index in [1.807, 2.05) is 6.92 Å². The number of hydrogen-bond acceptors (Lipinski definition) is 9. The molecule has 0 spiro atoms. The predicted molar refractivity (Wildman–Crippen MR) is 177 cm³/mol. The molecule has 1 aromatic heterocycles. The maximum Gasteiger partial charge on any atom is 0.490 e. The Hall–Kier alpha value is -6.40. The Balaban J connectivity index is 0.000000908. The molecule has 15 nitrogen and oxygen atoms in total. The van der Waals surface area contributed by atoms with Gasteiger partial charge in [0.05, 0.1) is 18.5 Å². The van der Waals surface area contributed by atoms with Crippen molar-refractivity contribution in [3.63, 3.8) is 0 Å². The molecule has 3 aromatic carbocycles. The molecule has 1 heterocycles. The van der Waals surface area contributed by atoms with Gasteiger partial charge in [0.1, 0.15) is 11.9 Å². The minimum absolute atomic E-state index is 0.0426. The minimum atomic E-state index is -5.08. The maximum absolute atomic E-state index is 16.2. The number of amides is 2. The molecule has 0 bridgehead atoms. The largest absolute Gasteiger partial charge is 0.490 e. The van der Waals surface area contributed by atoms with Gasteiger partial charge in [0, 0.05) is 30.9 Å². The zero-order valence-corrected chi connectivity index (χ0v) is 27.6. The SMILES string of the molecule is CCc1cc(OCC(=O)N(C)C)c(F)c(C(Nc2ccc(C(=N)N)cc2)c2nn(-c3ccccc3NC(=O)OC)c(=O)[nH]2)c1.O=C(O)C(F)(F)F. The fourth-order valence-corrected chi connectivity index (χ4v) is 4.23. The first-order chi connectivity index (χ1) is 24.0. The molecule has 0 radical (unpaired) electrons. The summed E-state index contributed by atoms with van der Waals surface area (Å²) in [5.41, 5.74) is 7.23. The molecule has 0 aliphatic rings. The highest BCUT2D eigenvalue weighted by Crippen LogP contribution is 2.33. The van der Waals surface area contributed by atoms with Crippen molar-refractivity contribution in [2.75, 3.05) is 38.4 Å². The number of amidine groups is 1. The number of nitrogens with one attached hydrogen (secondary N) is 4. The highest BCUT2D eigenvalue weighted by Gasteiger charge is 2.38. The van der Waals surface area contributed by atoms with E-state index in [0.717, 1.165) is 4.68 Å². The van der Waals surface area contributed by atoms with Crippen molar-refractivity contribution in [3.05, 3.63) is 99.5 Å². The van der Waals surface area contributed by atoms with Gasteiger partial charge in [0.25, 0.3) is 5.91 Å². The summed E-state index contributed by atoms with van der Waals surface area (Å²) in [5.74, 6) is -4.08. The fraction of sp³-hybridized carbons (Fsp3) is 0.250. The lowest BCUT2D eigenvalue weighted by Gasteiger charge is -2.21. The zero-order valence-electron chi connectivity index (χ0n) is 27.6. The second kappa shape index (κ2) is 16.8. The van der Waals surface area contributed by atoms with Crippen LogP contribution in [0.15, 0.2) is 65.5 Å². The number of carboxylic acids is 1. The number of hydrogen-bond donors (Lipinski definition) is 6. The van der Waals surface area contributed by atoms with Crippen molar-refractivity contribution in [3.8, 4) is 11.4 Å². The Labute approximate surface area is 287 Å². The second-order valence-corrected chi connectivity index (χ2v) is 10.7. The number of aromatic amines is 1. The normalized spacial score (nSPS) is 11.4. The lowest BCUT2D eigenvalue weighted by atomic mass is 10.00. The molecule has 0 fully saturated rings. The summed E-state index contributed by atoms with van der Waals surface area (Å²) < 4.78 is 59.3. The van der Waals surface area contributed by atoms with Gasteiger partial charge in [0.2, 0.25) is 0 Å². The first kappa shape index (κ1) is 39.0. The smallest absolute Gasteiger partial charge is 0.481 e. The number of halogens is 4. The Bertz CT molecular complexity index is 1940. The van der Waals surface area contributed by atoms with Crippen molar-refractivity contribution in [2.45, 2.75) is 25.6 Å². The third kappa shape index (κ3) is 10.3. The van der Waals surface area contributed by atoms with Gasteiger partial charge in [-0.05, 0) is 54.4 Å². The molecule has 2 amide bonds. The molecular formula is C32H34F4N8O7. The molecule has 19 heteroatoms. The van der Waals surface area contributed by atoms with Crippen LogP contribution in [0.4, 0.5) is 33.7 Å². The molecule has 4 rings (SSSR count). The van der Waals surface area contributed by atoms with Crippen LogP contribution in [0.5, 0.6) is 5.75 Å². The van der Waals surface area contributed by atoms with E-state index in [2.05, 4.69) is 25.5 Å². The lowest BCUT2D eigenvalue weighted by Crippen LogP contribution is -2.28. The van der Waals surface area contributed by atoms with E-state index in [0.29, 0.717) is 23.2 Å². The Morgan fingerprint density at radius 1 is 1.12 bits per heavy atom. The quantitative estimate of drug-likeness (QED) is 0.0743. The van der Waals surface area contributed by atoms with E-state index in [1.54, 1.807) is 68.7 Å². The summed E-state index contributed by atoms with van der Waals surface area (Å²) in [6, 6.07) is 15.1. The molecule has 0 saturated carbocycles. The summed E-state index contributed by atoms with van der Waals surface area (Å²) in [4.78, 5) is 50.3. The van der Waals surface area contributed by atoms with Gasteiger partial charge in [-0.1, -0.05) is 25.1 Å². The summed E-state index contributed by atoms with van der Waals surface area (Å²) in [6.07, 6.45) is -5.31.